The van der Waals surface area contributed by atoms with Crippen LogP contribution in [0.25, 0.3) is 0 Å². The van der Waals surface area contributed by atoms with Crippen molar-refractivity contribution in [3.8, 4) is 5.88 Å². The van der Waals surface area contributed by atoms with Gasteiger partial charge in [-0.25, -0.2) is 4.98 Å². The number of hydrogen-bond donors (Lipinski definition) is 2. The predicted molar refractivity (Wildman–Crippen MR) is 82.0 cm³/mol. The molecule has 1 aliphatic rings. The molecule has 1 heterocycles. The number of nitrogens with one attached hydrogen (secondary N) is 1. The molecule has 0 amide bonds. The van der Waals surface area contributed by atoms with E-state index in [0.717, 1.165) is 12.2 Å². The average Bonchev–Trinajstić information content (AvgIpc) is 2.43. The molecule has 0 saturated heterocycles. The van der Waals surface area contributed by atoms with Crippen molar-refractivity contribution in [1.29, 1.82) is 0 Å². The van der Waals surface area contributed by atoms with Gasteiger partial charge in [0.25, 0.3) is 0 Å². The molecule has 0 spiro atoms. The summed E-state index contributed by atoms with van der Waals surface area (Å²) in [6, 6.07) is 0.444. The monoisotopic (exact) mass is 278 g/mol. The Bertz CT molecular complexity index is 450. The van der Waals surface area contributed by atoms with Gasteiger partial charge in [-0.15, -0.1) is 0 Å². The van der Waals surface area contributed by atoms with Crippen molar-refractivity contribution in [3.63, 3.8) is 0 Å². The van der Waals surface area contributed by atoms with E-state index in [2.05, 4.69) is 29.1 Å². The van der Waals surface area contributed by atoms with Crippen LogP contribution < -0.4 is 15.8 Å². The van der Waals surface area contributed by atoms with E-state index >= 15 is 0 Å². The van der Waals surface area contributed by atoms with Gasteiger partial charge in [0.05, 0.1) is 6.61 Å². The molecule has 0 aromatic carbocycles. The molecule has 5 heteroatoms. The quantitative estimate of drug-likeness (QED) is 0.865. The maximum Gasteiger partial charge on any atom is 0.242 e. The summed E-state index contributed by atoms with van der Waals surface area (Å²) >= 11 is 0. The van der Waals surface area contributed by atoms with Gasteiger partial charge in [0.2, 0.25) is 5.88 Å². The van der Waals surface area contributed by atoms with Crippen molar-refractivity contribution >= 4 is 11.5 Å². The second-order valence-electron chi connectivity index (χ2n) is 5.70. The fourth-order valence-electron chi connectivity index (χ4n) is 2.68. The Labute approximate surface area is 121 Å². The van der Waals surface area contributed by atoms with Crippen LogP contribution in [0.1, 0.15) is 51.8 Å². The Morgan fingerprint density at radius 1 is 1.30 bits per heavy atom. The first-order valence-electron chi connectivity index (χ1n) is 7.65. The number of nitrogens with zero attached hydrogens (tertiary/aromatic N) is 2. The SMILES string of the molecule is CCCOc1nc(C)nc(NC2CCCCC2C)c1N. The highest BCUT2D eigenvalue weighted by Crippen LogP contribution is 2.31. The molecule has 20 heavy (non-hydrogen) atoms. The van der Waals surface area contributed by atoms with E-state index in [0.29, 0.717) is 36.0 Å². The van der Waals surface area contributed by atoms with Crippen LogP contribution >= 0.6 is 0 Å². The molecule has 0 bridgehead atoms. The van der Waals surface area contributed by atoms with Crippen LogP contribution in [0.2, 0.25) is 0 Å². The van der Waals surface area contributed by atoms with Crippen LogP contribution in [0.3, 0.4) is 0 Å². The fourth-order valence-corrected chi connectivity index (χ4v) is 2.68. The van der Waals surface area contributed by atoms with Gasteiger partial charge in [-0.05, 0) is 32.1 Å². The Morgan fingerprint density at radius 2 is 2.05 bits per heavy atom. The molecule has 0 aliphatic heterocycles. The summed E-state index contributed by atoms with van der Waals surface area (Å²) in [6.07, 6.45) is 5.97. The zero-order chi connectivity index (χ0) is 14.5. The van der Waals surface area contributed by atoms with Crippen LogP contribution in [-0.4, -0.2) is 22.6 Å². The maximum atomic E-state index is 6.14. The Balaban J connectivity index is 2.15. The van der Waals surface area contributed by atoms with Crippen LogP contribution in [0.15, 0.2) is 0 Å². The highest BCUT2D eigenvalue weighted by atomic mass is 16.5. The maximum absolute atomic E-state index is 6.14. The third-order valence-corrected chi connectivity index (χ3v) is 3.90. The van der Waals surface area contributed by atoms with Crippen molar-refractivity contribution in [3.05, 3.63) is 5.82 Å². The topological polar surface area (TPSA) is 73.1 Å². The zero-order valence-electron chi connectivity index (χ0n) is 12.8. The van der Waals surface area contributed by atoms with E-state index in [1.807, 2.05) is 6.92 Å². The lowest BCUT2D eigenvalue weighted by Crippen LogP contribution is -2.31. The molecule has 1 aliphatic carbocycles. The van der Waals surface area contributed by atoms with Crippen molar-refractivity contribution in [2.24, 2.45) is 5.92 Å². The van der Waals surface area contributed by atoms with Crippen LogP contribution in [-0.2, 0) is 0 Å². The lowest BCUT2D eigenvalue weighted by molar-refractivity contribution is 0.305. The van der Waals surface area contributed by atoms with Crippen LogP contribution in [0.5, 0.6) is 5.88 Å². The van der Waals surface area contributed by atoms with Gasteiger partial charge in [0, 0.05) is 6.04 Å². The van der Waals surface area contributed by atoms with Crippen molar-refractivity contribution in [2.75, 3.05) is 17.7 Å². The van der Waals surface area contributed by atoms with Crippen LogP contribution in [0, 0.1) is 12.8 Å². The smallest absolute Gasteiger partial charge is 0.242 e. The van der Waals surface area contributed by atoms with E-state index in [1.165, 1.54) is 25.7 Å². The summed E-state index contributed by atoms with van der Waals surface area (Å²) in [5.74, 6) is 2.57. The Hall–Kier alpha value is -1.52. The summed E-state index contributed by atoms with van der Waals surface area (Å²) in [5, 5.41) is 3.50. The molecule has 3 N–H and O–H groups in total. The second kappa shape index (κ2) is 6.77. The molecular formula is C15H26N4O. The largest absolute Gasteiger partial charge is 0.476 e. The number of ether oxygens (including phenoxy) is 1. The number of aromatic nitrogens is 2. The summed E-state index contributed by atoms with van der Waals surface area (Å²) in [7, 11) is 0. The number of nitrogen functional groups attached to an aromatic ring is 1. The number of rotatable bonds is 5. The first-order chi connectivity index (χ1) is 9.61. The van der Waals surface area contributed by atoms with Crippen molar-refractivity contribution < 1.29 is 4.74 Å². The highest BCUT2D eigenvalue weighted by molar-refractivity contribution is 5.67. The van der Waals surface area contributed by atoms with Gasteiger partial charge in [0.15, 0.2) is 5.82 Å². The molecule has 112 valence electrons. The molecule has 1 fully saturated rings. The third kappa shape index (κ3) is 3.52. The normalized spacial score (nSPS) is 22.6. The van der Waals surface area contributed by atoms with E-state index in [4.69, 9.17) is 10.5 Å². The lowest BCUT2D eigenvalue weighted by Gasteiger charge is -2.30. The van der Waals surface area contributed by atoms with E-state index < -0.39 is 0 Å². The zero-order valence-corrected chi connectivity index (χ0v) is 12.8. The van der Waals surface area contributed by atoms with Gasteiger partial charge < -0.3 is 15.8 Å². The predicted octanol–water partition coefficient (Wildman–Crippen LogP) is 3.15. The van der Waals surface area contributed by atoms with Gasteiger partial charge in [-0.3, -0.25) is 0 Å². The molecule has 5 nitrogen and oxygen atoms in total. The van der Waals surface area contributed by atoms with E-state index in [9.17, 15) is 0 Å². The average molecular weight is 278 g/mol. The molecule has 2 rings (SSSR count). The number of hydrogen-bond acceptors (Lipinski definition) is 5. The number of aryl methyl sites for hydroxylation is 1. The van der Waals surface area contributed by atoms with Gasteiger partial charge >= 0.3 is 0 Å². The molecule has 1 saturated carbocycles. The van der Waals surface area contributed by atoms with E-state index in [1.54, 1.807) is 0 Å². The molecule has 1 aromatic rings. The first kappa shape index (κ1) is 14.9. The molecule has 1 aromatic heterocycles. The third-order valence-electron chi connectivity index (χ3n) is 3.90. The number of anilines is 2. The van der Waals surface area contributed by atoms with Gasteiger partial charge in [-0.1, -0.05) is 26.7 Å². The second-order valence-corrected chi connectivity index (χ2v) is 5.70. The van der Waals surface area contributed by atoms with Crippen molar-refractivity contribution in [2.45, 2.75) is 58.9 Å². The summed E-state index contributed by atoms with van der Waals surface area (Å²) in [6.45, 7) is 6.84. The Kier molecular flexibility index (Phi) is 5.04. The molecule has 2 unspecified atom stereocenters. The fraction of sp³-hybridized carbons (Fsp3) is 0.733. The minimum atomic E-state index is 0.444. The lowest BCUT2D eigenvalue weighted by atomic mass is 9.86. The highest BCUT2D eigenvalue weighted by Gasteiger charge is 2.23. The van der Waals surface area contributed by atoms with Gasteiger partial charge in [-0.2, -0.15) is 4.98 Å². The standard InChI is InChI=1S/C15H26N4O/c1-4-9-20-15-13(16)14(17-11(3)18-15)19-12-8-6-5-7-10(12)2/h10,12H,4-9,16H2,1-3H3,(H,17,18,19). The van der Waals surface area contributed by atoms with Gasteiger partial charge in [0.1, 0.15) is 11.5 Å². The van der Waals surface area contributed by atoms with E-state index in [-0.39, 0.29) is 0 Å². The summed E-state index contributed by atoms with van der Waals surface area (Å²) < 4.78 is 5.61. The number of nitrogens with two attached hydrogens (primary N) is 1. The first-order valence-corrected chi connectivity index (χ1v) is 7.65. The van der Waals surface area contributed by atoms with Crippen molar-refractivity contribution in [1.82, 2.24) is 9.97 Å². The molecule has 0 radical (unpaired) electrons. The summed E-state index contributed by atoms with van der Waals surface area (Å²) in [4.78, 5) is 8.73. The summed E-state index contributed by atoms with van der Waals surface area (Å²) in [5.41, 5.74) is 6.67. The Morgan fingerprint density at radius 3 is 2.75 bits per heavy atom. The van der Waals surface area contributed by atoms with Crippen LogP contribution in [0.4, 0.5) is 11.5 Å². The minimum absolute atomic E-state index is 0.444. The molecule has 2 atom stereocenters. The minimum Gasteiger partial charge on any atom is -0.476 e. The molecular weight excluding hydrogens is 252 g/mol.